The van der Waals surface area contributed by atoms with Gasteiger partial charge in [0.05, 0.1) is 11.4 Å². The lowest BCUT2D eigenvalue weighted by atomic mass is 10.1. The molecular formula is C12H20N4O. The van der Waals surface area contributed by atoms with Crippen LogP contribution >= 0.6 is 0 Å². The second kappa shape index (κ2) is 5.31. The number of likely N-dealkylation sites (tertiary alicyclic amines) is 1. The zero-order valence-electron chi connectivity index (χ0n) is 10.5. The molecule has 0 spiro atoms. The van der Waals surface area contributed by atoms with Gasteiger partial charge in [0.2, 0.25) is 0 Å². The zero-order valence-corrected chi connectivity index (χ0v) is 10.5. The first kappa shape index (κ1) is 12.1. The highest BCUT2D eigenvalue weighted by atomic mass is 16.4. The van der Waals surface area contributed by atoms with Gasteiger partial charge in [-0.2, -0.15) is 5.10 Å². The molecule has 0 unspecified atom stereocenters. The second-order valence-corrected chi connectivity index (χ2v) is 4.82. The summed E-state index contributed by atoms with van der Waals surface area (Å²) < 4.78 is 1.99. The normalized spacial score (nSPS) is 17.7. The van der Waals surface area contributed by atoms with Gasteiger partial charge in [-0.1, -0.05) is 5.16 Å². The van der Waals surface area contributed by atoms with Crippen molar-refractivity contribution in [3.63, 3.8) is 0 Å². The van der Waals surface area contributed by atoms with E-state index in [-0.39, 0.29) is 0 Å². The summed E-state index contributed by atoms with van der Waals surface area (Å²) in [4.78, 5) is 2.35. The minimum atomic E-state index is 0.415. The summed E-state index contributed by atoms with van der Waals surface area (Å²) in [6, 6.07) is 2.49. The fourth-order valence-electron chi connectivity index (χ4n) is 2.05. The molecule has 5 heteroatoms. The lowest BCUT2D eigenvalue weighted by molar-refractivity contribution is 0.252. The topological polar surface area (TPSA) is 53.7 Å². The van der Waals surface area contributed by atoms with Crippen molar-refractivity contribution in [2.45, 2.75) is 39.3 Å². The van der Waals surface area contributed by atoms with Crippen LogP contribution in [0, 0.1) is 0 Å². The molecule has 1 aromatic heterocycles. The summed E-state index contributed by atoms with van der Waals surface area (Å²) in [7, 11) is 0. The number of hydrogen-bond acceptors (Lipinski definition) is 4. The Labute approximate surface area is 102 Å². The van der Waals surface area contributed by atoms with Gasteiger partial charge in [-0.3, -0.25) is 9.58 Å². The number of rotatable bonds is 3. The molecule has 1 N–H and O–H groups in total. The van der Waals surface area contributed by atoms with Crippen LogP contribution in [0.3, 0.4) is 0 Å². The van der Waals surface area contributed by atoms with E-state index in [0.717, 1.165) is 43.9 Å². The Bertz CT molecular complexity index is 387. The highest BCUT2D eigenvalue weighted by molar-refractivity contribution is 5.84. The predicted molar refractivity (Wildman–Crippen MR) is 66.3 cm³/mol. The molecule has 0 aliphatic carbocycles. The molecular weight excluding hydrogens is 216 g/mol. The average Bonchev–Trinajstić information content (AvgIpc) is 2.79. The van der Waals surface area contributed by atoms with Gasteiger partial charge in [0.1, 0.15) is 0 Å². The van der Waals surface area contributed by atoms with Gasteiger partial charge in [0, 0.05) is 44.7 Å². The first-order valence-corrected chi connectivity index (χ1v) is 6.15. The van der Waals surface area contributed by atoms with Gasteiger partial charge in [0.15, 0.2) is 0 Å². The van der Waals surface area contributed by atoms with E-state index < -0.39 is 0 Å². The first-order valence-electron chi connectivity index (χ1n) is 6.15. The molecule has 1 aromatic rings. The summed E-state index contributed by atoms with van der Waals surface area (Å²) in [5, 5.41) is 16.5. The van der Waals surface area contributed by atoms with Gasteiger partial charge in [-0.05, 0) is 19.9 Å². The monoisotopic (exact) mass is 236 g/mol. The van der Waals surface area contributed by atoms with E-state index in [2.05, 4.69) is 35.1 Å². The molecule has 0 saturated carbocycles. The number of nitrogens with zero attached hydrogens (tertiary/aromatic N) is 4. The fourth-order valence-corrected chi connectivity index (χ4v) is 2.05. The van der Waals surface area contributed by atoms with Crippen molar-refractivity contribution >= 4 is 5.71 Å². The van der Waals surface area contributed by atoms with Crippen LogP contribution in [-0.2, 0) is 6.54 Å². The van der Waals surface area contributed by atoms with Crippen molar-refractivity contribution in [1.29, 1.82) is 0 Å². The van der Waals surface area contributed by atoms with Crippen molar-refractivity contribution < 1.29 is 5.21 Å². The Hall–Kier alpha value is -1.36. The molecule has 0 amide bonds. The maximum atomic E-state index is 8.69. The average molecular weight is 236 g/mol. The van der Waals surface area contributed by atoms with E-state index in [1.165, 1.54) is 0 Å². The smallest absolute Gasteiger partial charge is 0.0764 e. The van der Waals surface area contributed by atoms with Crippen LogP contribution in [0.25, 0.3) is 0 Å². The van der Waals surface area contributed by atoms with Gasteiger partial charge < -0.3 is 5.21 Å². The molecule has 2 heterocycles. The Morgan fingerprint density at radius 1 is 1.41 bits per heavy atom. The van der Waals surface area contributed by atoms with E-state index in [0.29, 0.717) is 6.04 Å². The third-order valence-corrected chi connectivity index (χ3v) is 3.15. The third kappa shape index (κ3) is 3.06. The van der Waals surface area contributed by atoms with Crippen molar-refractivity contribution in [2.75, 3.05) is 13.1 Å². The predicted octanol–water partition coefficient (Wildman–Crippen LogP) is 1.89. The van der Waals surface area contributed by atoms with Crippen LogP contribution in [0.2, 0.25) is 0 Å². The largest absolute Gasteiger partial charge is 0.411 e. The molecule has 2 rings (SSSR count). The molecule has 1 aliphatic heterocycles. The maximum Gasteiger partial charge on any atom is 0.0764 e. The number of aromatic nitrogens is 2. The SMILES string of the molecule is CC(C)n1ccc(CN2CCC(=NO)CC2)n1. The fraction of sp³-hybridized carbons (Fsp3) is 0.667. The Kier molecular flexibility index (Phi) is 3.78. The van der Waals surface area contributed by atoms with Gasteiger partial charge in [-0.15, -0.1) is 0 Å². The standard InChI is InChI=1S/C12H20N4O/c1-10(2)16-8-5-12(13-16)9-15-6-3-11(14-17)4-7-15/h5,8,10,17H,3-4,6-7,9H2,1-2H3. The molecule has 0 aromatic carbocycles. The number of piperidine rings is 1. The van der Waals surface area contributed by atoms with Crippen LogP contribution in [0.5, 0.6) is 0 Å². The quantitative estimate of drug-likeness (QED) is 0.644. The van der Waals surface area contributed by atoms with Gasteiger partial charge in [0.25, 0.3) is 0 Å². The summed E-state index contributed by atoms with van der Waals surface area (Å²) in [5.74, 6) is 0. The summed E-state index contributed by atoms with van der Waals surface area (Å²) in [6.45, 7) is 7.05. The molecule has 5 nitrogen and oxygen atoms in total. The Morgan fingerprint density at radius 3 is 2.65 bits per heavy atom. The Morgan fingerprint density at radius 2 is 2.12 bits per heavy atom. The van der Waals surface area contributed by atoms with Crippen LogP contribution in [0.15, 0.2) is 17.4 Å². The molecule has 94 valence electrons. The van der Waals surface area contributed by atoms with Crippen molar-refractivity contribution in [3.05, 3.63) is 18.0 Å². The molecule has 17 heavy (non-hydrogen) atoms. The molecule has 0 atom stereocenters. The van der Waals surface area contributed by atoms with Gasteiger partial charge >= 0.3 is 0 Å². The van der Waals surface area contributed by atoms with E-state index >= 15 is 0 Å². The minimum absolute atomic E-state index is 0.415. The molecule has 0 bridgehead atoms. The first-order chi connectivity index (χ1) is 8.19. The van der Waals surface area contributed by atoms with E-state index in [4.69, 9.17) is 5.21 Å². The highest BCUT2D eigenvalue weighted by Gasteiger charge is 2.16. The van der Waals surface area contributed by atoms with E-state index in [9.17, 15) is 0 Å². The summed E-state index contributed by atoms with van der Waals surface area (Å²) in [6.07, 6.45) is 3.76. The number of hydrogen-bond donors (Lipinski definition) is 1. The maximum absolute atomic E-state index is 8.69. The van der Waals surface area contributed by atoms with Gasteiger partial charge in [-0.25, -0.2) is 0 Å². The highest BCUT2D eigenvalue weighted by Crippen LogP contribution is 2.12. The van der Waals surface area contributed by atoms with Crippen LogP contribution < -0.4 is 0 Å². The zero-order chi connectivity index (χ0) is 12.3. The third-order valence-electron chi connectivity index (χ3n) is 3.15. The van der Waals surface area contributed by atoms with Crippen LogP contribution in [0.1, 0.15) is 38.4 Å². The van der Waals surface area contributed by atoms with E-state index in [1.54, 1.807) is 0 Å². The molecule has 1 fully saturated rings. The summed E-state index contributed by atoms with van der Waals surface area (Å²) >= 11 is 0. The van der Waals surface area contributed by atoms with E-state index in [1.807, 2.05) is 10.9 Å². The molecule has 0 radical (unpaired) electrons. The lowest BCUT2D eigenvalue weighted by Crippen LogP contribution is -2.33. The molecule has 1 saturated heterocycles. The van der Waals surface area contributed by atoms with Crippen molar-refractivity contribution in [2.24, 2.45) is 5.16 Å². The lowest BCUT2D eigenvalue weighted by Gasteiger charge is -2.26. The second-order valence-electron chi connectivity index (χ2n) is 4.82. The van der Waals surface area contributed by atoms with Crippen molar-refractivity contribution in [3.8, 4) is 0 Å². The Balaban J connectivity index is 1.89. The van der Waals surface area contributed by atoms with Crippen molar-refractivity contribution in [1.82, 2.24) is 14.7 Å². The van der Waals surface area contributed by atoms with Crippen LogP contribution in [0.4, 0.5) is 0 Å². The molecule has 1 aliphatic rings. The summed E-state index contributed by atoms with van der Waals surface area (Å²) in [5.41, 5.74) is 2.03. The van der Waals surface area contributed by atoms with Crippen LogP contribution in [-0.4, -0.2) is 38.7 Å². The minimum Gasteiger partial charge on any atom is -0.411 e. The number of oxime groups is 1.